The van der Waals surface area contributed by atoms with Crippen LogP contribution in [-0.4, -0.2) is 29.0 Å². The Bertz CT molecular complexity index is 706. The van der Waals surface area contributed by atoms with E-state index in [4.69, 9.17) is 0 Å². The van der Waals surface area contributed by atoms with Crippen LogP contribution in [0.25, 0.3) is 0 Å². The van der Waals surface area contributed by atoms with Gasteiger partial charge in [0.2, 0.25) is 11.9 Å². The van der Waals surface area contributed by atoms with Crippen LogP contribution < -0.4 is 16.0 Å². The zero-order valence-corrected chi connectivity index (χ0v) is 13.4. The summed E-state index contributed by atoms with van der Waals surface area (Å²) in [5, 5.41) is 9.15. The van der Waals surface area contributed by atoms with Crippen molar-refractivity contribution in [1.82, 2.24) is 20.6 Å². The van der Waals surface area contributed by atoms with Gasteiger partial charge < -0.3 is 16.0 Å². The van der Waals surface area contributed by atoms with Gasteiger partial charge in [0.25, 0.3) is 0 Å². The first-order valence-corrected chi connectivity index (χ1v) is 7.93. The second kappa shape index (κ2) is 7.35. The highest BCUT2D eigenvalue weighted by Gasteiger charge is 2.31. The molecule has 2 atom stereocenters. The van der Waals surface area contributed by atoms with Gasteiger partial charge in [-0.15, -0.1) is 0 Å². The summed E-state index contributed by atoms with van der Waals surface area (Å²) in [7, 11) is 1.76. The Morgan fingerprint density at radius 1 is 1.29 bits per heavy atom. The van der Waals surface area contributed by atoms with Gasteiger partial charge in [-0.05, 0) is 12.5 Å². The van der Waals surface area contributed by atoms with Crippen LogP contribution in [0.15, 0.2) is 36.7 Å². The molecule has 1 amide bonds. The largest absolute Gasteiger partial charge is 0.357 e. The Labute approximate surface area is 139 Å². The second-order valence-corrected chi connectivity index (χ2v) is 5.76. The maximum Gasteiger partial charge on any atom is 0.222 e. The van der Waals surface area contributed by atoms with E-state index in [0.717, 1.165) is 5.56 Å². The lowest BCUT2D eigenvalue weighted by Gasteiger charge is -2.33. The van der Waals surface area contributed by atoms with E-state index in [1.165, 1.54) is 6.07 Å². The van der Waals surface area contributed by atoms with E-state index in [-0.39, 0.29) is 23.8 Å². The van der Waals surface area contributed by atoms with E-state index in [9.17, 15) is 9.18 Å². The molecule has 1 fully saturated rings. The number of hydrogen-bond donors (Lipinski definition) is 3. The first kappa shape index (κ1) is 16.3. The van der Waals surface area contributed by atoms with Gasteiger partial charge >= 0.3 is 0 Å². The minimum atomic E-state index is -0.384. The fourth-order valence-electron chi connectivity index (χ4n) is 2.87. The number of carbonyl (C=O) groups excluding carboxylic acids is 1. The van der Waals surface area contributed by atoms with E-state index in [0.29, 0.717) is 30.9 Å². The topological polar surface area (TPSA) is 78.9 Å². The molecule has 3 N–H and O–H groups in total. The Hall–Kier alpha value is -2.54. The minimum Gasteiger partial charge on any atom is -0.357 e. The molecule has 0 saturated carbocycles. The van der Waals surface area contributed by atoms with Gasteiger partial charge in [-0.3, -0.25) is 4.79 Å². The normalized spacial score (nSPS) is 20.5. The number of anilines is 1. The zero-order chi connectivity index (χ0) is 16.9. The molecule has 7 heteroatoms. The molecule has 0 spiro atoms. The second-order valence-electron chi connectivity index (χ2n) is 5.76. The quantitative estimate of drug-likeness (QED) is 0.779. The molecule has 2 aromatic rings. The first-order chi connectivity index (χ1) is 11.7. The summed E-state index contributed by atoms with van der Waals surface area (Å²) >= 11 is 0. The van der Waals surface area contributed by atoms with Gasteiger partial charge in [0.15, 0.2) is 0 Å². The van der Waals surface area contributed by atoms with Gasteiger partial charge in [0.1, 0.15) is 5.82 Å². The van der Waals surface area contributed by atoms with Crippen molar-refractivity contribution in [2.24, 2.45) is 0 Å². The van der Waals surface area contributed by atoms with Gasteiger partial charge in [-0.2, -0.15) is 0 Å². The number of nitrogens with zero attached hydrogens (tertiary/aromatic N) is 2. The van der Waals surface area contributed by atoms with Crippen molar-refractivity contribution in [2.45, 2.75) is 31.5 Å². The maximum atomic E-state index is 14.1. The summed E-state index contributed by atoms with van der Waals surface area (Å²) in [6.07, 6.45) is 4.56. The van der Waals surface area contributed by atoms with Crippen LogP contribution in [0.4, 0.5) is 10.3 Å². The van der Waals surface area contributed by atoms with Crippen molar-refractivity contribution in [3.05, 3.63) is 53.6 Å². The lowest BCUT2D eigenvalue weighted by atomic mass is 9.91. The van der Waals surface area contributed by atoms with Crippen molar-refractivity contribution in [2.75, 3.05) is 12.4 Å². The fraction of sp³-hybridized carbons (Fsp3) is 0.353. The molecule has 0 aliphatic carbocycles. The van der Waals surface area contributed by atoms with E-state index >= 15 is 0 Å². The molecule has 6 nitrogen and oxygen atoms in total. The smallest absolute Gasteiger partial charge is 0.222 e. The number of nitrogens with one attached hydrogen (secondary N) is 3. The summed E-state index contributed by atoms with van der Waals surface area (Å²) in [5.74, 6) is 0.203. The monoisotopic (exact) mass is 329 g/mol. The predicted molar refractivity (Wildman–Crippen MR) is 88.7 cm³/mol. The third kappa shape index (κ3) is 3.68. The van der Waals surface area contributed by atoms with E-state index in [2.05, 4.69) is 25.9 Å². The molecule has 0 bridgehead atoms. The highest BCUT2D eigenvalue weighted by atomic mass is 19.1. The average Bonchev–Trinajstić information content (AvgIpc) is 2.61. The van der Waals surface area contributed by atoms with E-state index < -0.39 is 0 Å². The minimum absolute atomic E-state index is 0.0522. The average molecular weight is 329 g/mol. The number of rotatable bonds is 5. The van der Waals surface area contributed by atoms with Crippen molar-refractivity contribution in [3.63, 3.8) is 0 Å². The number of benzene rings is 1. The number of hydrogen-bond acceptors (Lipinski definition) is 5. The van der Waals surface area contributed by atoms with Crippen LogP contribution >= 0.6 is 0 Å². The molecule has 1 aromatic heterocycles. The third-order valence-corrected chi connectivity index (χ3v) is 4.14. The maximum absolute atomic E-state index is 14.1. The molecule has 1 aliphatic rings. The summed E-state index contributed by atoms with van der Waals surface area (Å²) in [6.45, 7) is 0.551. The SMILES string of the molecule is CNc1ncc(CN[C@@H]2CCC(=O)N[C@H]2c2ccccc2F)cn1. The van der Waals surface area contributed by atoms with Gasteiger partial charge in [-0.25, -0.2) is 14.4 Å². The predicted octanol–water partition coefficient (Wildman–Crippen LogP) is 1.77. The number of halogens is 1. The molecule has 126 valence electrons. The number of piperidine rings is 1. The van der Waals surface area contributed by atoms with Gasteiger partial charge in [0.05, 0.1) is 6.04 Å². The van der Waals surface area contributed by atoms with Crippen LogP contribution in [0.5, 0.6) is 0 Å². The summed E-state index contributed by atoms with van der Waals surface area (Å²) in [6, 6.07) is 6.11. The Balaban J connectivity index is 1.72. The van der Waals surface area contributed by atoms with Gasteiger partial charge in [0, 0.05) is 49.6 Å². The van der Waals surface area contributed by atoms with E-state index in [1.807, 2.05) is 0 Å². The summed E-state index contributed by atoms with van der Waals surface area (Å²) in [4.78, 5) is 20.1. The van der Waals surface area contributed by atoms with Crippen molar-refractivity contribution in [3.8, 4) is 0 Å². The number of carbonyl (C=O) groups is 1. The summed E-state index contributed by atoms with van der Waals surface area (Å²) < 4.78 is 14.1. The Kier molecular flexibility index (Phi) is 5.00. The molecule has 1 aromatic carbocycles. The van der Waals surface area contributed by atoms with Crippen LogP contribution in [-0.2, 0) is 11.3 Å². The Morgan fingerprint density at radius 2 is 2.04 bits per heavy atom. The molecule has 0 radical (unpaired) electrons. The van der Waals surface area contributed by atoms with Crippen LogP contribution in [0.1, 0.15) is 30.0 Å². The Morgan fingerprint density at radius 3 is 2.75 bits per heavy atom. The highest BCUT2D eigenvalue weighted by molar-refractivity contribution is 5.77. The molecule has 0 unspecified atom stereocenters. The fourth-order valence-corrected chi connectivity index (χ4v) is 2.87. The molecular formula is C17H20FN5O. The standard InChI is InChI=1S/C17H20FN5O/c1-19-17-21-9-11(10-22-17)8-20-14-6-7-15(24)23-16(14)12-4-2-3-5-13(12)18/h2-5,9-10,14,16,20H,6-8H2,1H3,(H,23,24)(H,19,21,22)/t14-,16+/m1/s1. The lowest BCUT2D eigenvalue weighted by Crippen LogP contribution is -2.48. The first-order valence-electron chi connectivity index (χ1n) is 7.93. The van der Waals surface area contributed by atoms with Crippen molar-refractivity contribution < 1.29 is 9.18 Å². The molecule has 24 heavy (non-hydrogen) atoms. The highest BCUT2D eigenvalue weighted by Crippen LogP contribution is 2.26. The van der Waals surface area contributed by atoms with Crippen molar-refractivity contribution >= 4 is 11.9 Å². The number of amides is 1. The summed E-state index contributed by atoms with van der Waals surface area (Å²) in [5.41, 5.74) is 1.43. The molecule has 1 aliphatic heterocycles. The molecular weight excluding hydrogens is 309 g/mol. The zero-order valence-electron chi connectivity index (χ0n) is 13.4. The lowest BCUT2D eigenvalue weighted by molar-refractivity contribution is -0.123. The van der Waals surface area contributed by atoms with Crippen LogP contribution in [0.2, 0.25) is 0 Å². The molecule has 2 heterocycles. The molecule has 1 saturated heterocycles. The van der Waals surface area contributed by atoms with Gasteiger partial charge in [-0.1, -0.05) is 18.2 Å². The van der Waals surface area contributed by atoms with E-state index in [1.54, 1.807) is 37.6 Å². The molecule has 3 rings (SSSR count). The van der Waals surface area contributed by atoms with Crippen molar-refractivity contribution in [1.29, 1.82) is 0 Å². The third-order valence-electron chi connectivity index (χ3n) is 4.14. The van der Waals surface area contributed by atoms with Crippen LogP contribution in [0, 0.1) is 5.82 Å². The number of aromatic nitrogens is 2. The van der Waals surface area contributed by atoms with Crippen LogP contribution in [0.3, 0.4) is 0 Å².